The molecule has 0 unspecified atom stereocenters. The number of carbonyl (C=O) groups excluding carboxylic acids is 2. The van der Waals surface area contributed by atoms with E-state index >= 15 is 0 Å². The van der Waals surface area contributed by atoms with Gasteiger partial charge in [0.1, 0.15) is 5.75 Å². The first kappa shape index (κ1) is 13.3. The van der Waals surface area contributed by atoms with Crippen LogP contribution in [0.4, 0.5) is 0 Å². The van der Waals surface area contributed by atoms with Gasteiger partial charge >= 0.3 is 0 Å². The van der Waals surface area contributed by atoms with Crippen LogP contribution in [0.5, 0.6) is 5.75 Å². The Hall–Kier alpha value is -2.13. The molecule has 0 spiro atoms. The van der Waals surface area contributed by atoms with Crippen molar-refractivity contribution in [3.05, 3.63) is 64.7 Å². The van der Waals surface area contributed by atoms with Gasteiger partial charge in [0, 0.05) is 10.6 Å². The van der Waals surface area contributed by atoms with Crippen LogP contribution in [0, 0.1) is 0 Å². The zero-order valence-electron chi connectivity index (χ0n) is 9.97. The summed E-state index contributed by atoms with van der Waals surface area (Å²) in [7, 11) is 0. The maximum atomic E-state index is 11.9. The molecule has 19 heavy (non-hydrogen) atoms. The standard InChI is InChI=1S/C15H11ClO3/c16-11-7-5-10(6-8-11)14(18)9-15(19)12-3-1-2-4-13(12)17/h1-8,17H,9H2. The summed E-state index contributed by atoms with van der Waals surface area (Å²) >= 11 is 5.73. The van der Waals surface area contributed by atoms with Crippen LogP contribution >= 0.6 is 11.6 Å². The minimum absolute atomic E-state index is 0.114. The summed E-state index contributed by atoms with van der Waals surface area (Å²) < 4.78 is 0. The second-order valence-electron chi connectivity index (χ2n) is 4.05. The number of hydrogen-bond acceptors (Lipinski definition) is 3. The van der Waals surface area contributed by atoms with Crippen molar-refractivity contribution >= 4 is 23.2 Å². The quantitative estimate of drug-likeness (QED) is 0.686. The Morgan fingerprint density at radius 3 is 2.21 bits per heavy atom. The fourth-order valence-electron chi connectivity index (χ4n) is 1.69. The Morgan fingerprint density at radius 1 is 0.947 bits per heavy atom. The Labute approximate surface area is 115 Å². The van der Waals surface area contributed by atoms with Gasteiger partial charge in [-0.3, -0.25) is 9.59 Å². The van der Waals surface area contributed by atoms with Gasteiger partial charge in [-0.15, -0.1) is 0 Å². The smallest absolute Gasteiger partial charge is 0.174 e. The number of aromatic hydroxyl groups is 1. The van der Waals surface area contributed by atoms with Crippen molar-refractivity contribution in [2.75, 3.05) is 0 Å². The molecule has 2 aromatic carbocycles. The molecule has 0 saturated heterocycles. The third-order valence-electron chi connectivity index (χ3n) is 2.69. The van der Waals surface area contributed by atoms with Crippen molar-refractivity contribution in [3.63, 3.8) is 0 Å². The molecule has 2 rings (SSSR count). The molecule has 4 heteroatoms. The summed E-state index contributed by atoms with van der Waals surface area (Å²) in [6.45, 7) is 0. The lowest BCUT2D eigenvalue weighted by atomic mass is 10.0. The van der Waals surface area contributed by atoms with Crippen molar-refractivity contribution in [1.29, 1.82) is 0 Å². The lowest BCUT2D eigenvalue weighted by Gasteiger charge is -2.03. The van der Waals surface area contributed by atoms with E-state index in [0.717, 1.165) is 0 Å². The van der Waals surface area contributed by atoms with Gasteiger partial charge in [-0.2, -0.15) is 0 Å². The van der Waals surface area contributed by atoms with Crippen LogP contribution in [-0.2, 0) is 0 Å². The zero-order valence-corrected chi connectivity index (χ0v) is 10.7. The largest absolute Gasteiger partial charge is 0.507 e. The fraction of sp³-hybridized carbons (Fsp3) is 0.0667. The predicted molar refractivity (Wildman–Crippen MR) is 72.8 cm³/mol. The molecule has 0 radical (unpaired) electrons. The first-order valence-corrected chi connectivity index (χ1v) is 6.05. The van der Waals surface area contributed by atoms with Gasteiger partial charge in [0.05, 0.1) is 12.0 Å². The van der Waals surface area contributed by atoms with E-state index in [1.165, 1.54) is 12.1 Å². The maximum Gasteiger partial charge on any atom is 0.174 e. The SMILES string of the molecule is O=C(CC(=O)c1ccccc1O)c1ccc(Cl)cc1. The van der Waals surface area contributed by atoms with Crippen LogP contribution < -0.4 is 0 Å². The number of ketones is 2. The van der Waals surface area contributed by atoms with Crippen molar-refractivity contribution in [2.45, 2.75) is 6.42 Å². The molecule has 0 aromatic heterocycles. The van der Waals surface area contributed by atoms with E-state index in [2.05, 4.69) is 0 Å². The van der Waals surface area contributed by atoms with Gasteiger partial charge in [-0.25, -0.2) is 0 Å². The monoisotopic (exact) mass is 274 g/mol. The Morgan fingerprint density at radius 2 is 1.58 bits per heavy atom. The highest BCUT2D eigenvalue weighted by molar-refractivity contribution is 6.30. The molecule has 2 aromatic rings. The van der Waals surface area contributed by atoms with Gasteiger partial charge in [-0.05, 0) is 36.4 Å². The Bertz CT molecular complexity index is 618. The number of hydrogen-bond donors (Lipinski definition) is 1. The van der Waals surface area contributed by atoms with Crippen LogP contribution in [0.15, 0.2) is 48.5 Å². The average Bonchev–Trinajstić information content (AvgIpc) is 2.39. The average molecular weight is 275 g/mol. The molecular formula is C15H11ClO3. The molecule has 0 aliphatic heterocycles. The summed E-state index contributed by atoms with van der Waals surface area (Å²) in [4.78, 5) is 23.8. The van der Waals surface area contributed by atoms with Crippen LogP contribution in [0.3, 0.4) is 0 Å². The van der Waals surface area contributed by atoms with Gasteiger partial charge in [-0.1, -0.05) is 23.7 Å². The Balaban J connectivity index is 2.13. The van der Waals surface area contributed by atoms with E-state index in [0.29, 0.717) is 10.6 Å². The lowest BCUT2D eigenvalue weighted by Crippen LogP contribution is -2.08. The van der Waals surface area contributed by atoms with E-state index < -0.39 is 5.78 Å². The third-order valence-corrected chi connectivity index (χ3v) is 2.94. The number of benzene rings is 2. The molecule has 0 atom stereocenters. The van der Waals surface area contributed by atoms with Gasteiger partial charge in [0.15, 0.2) is 11.6 Å². The fourth-order valence-corrected chi connectivity index (χ4v) is 1.81. The minimum Gasteiger partial charge on any atom is -0.507 e. The van der Waals surface area contributed by atoms with E-state index in [1.807, 2.05) is 0 Å². The highest BCUT2D eigenvalue weighted by Gasteiger charge is 2.16. The van der Waals surface area contributed by atoms with E-state index in [-0.39, 0.29) is 23.5 Å². The molecular weight excluding hydrogens is 264 g/mol. The molecule has 0 fully saturated rings. The van der Waals surface area contributed by atoms with Crippen LogP contribution in [0.1, 0.15) is 27.1 Å². The number of phenolic OH excluding ortho intramolecular Hbond substituents is 1. The van der Waals surface area contributed by atoms with Gasteiger partial charge in [0.2, 0.25) is 0 Å². The molecule has 0 heterocycles. The molecule has 0 bridgehead atoms. The van der Waals surface area contributed by atoms with E-state index in [4.69, 9.17) is 11.6 Å². The number of carbonyl (C=O) groups is 2. The van der Waals surface area contributed by atoms with Crippen LogP contribution in [0.2, 0.25) is 5.02 Å². The second-order valence-corrected chi connectivity index (χ2v) is 4.48. The molecule has 0 saturated carbocycles. The third kappa shape index (κ3) is 3.20. The van der Waals surface area contributed by atoms with E-state index in [9.17, 15) is 14.7 Å². The number of rotatable bonds is 4. The highest BCUT2D eigenvalue weighted by Crippen LogP contribution is 2.19. The molecule has 1 N–H and O–H groups in total. The van der Waals surface area contributed by atoms with Gasteiger partial charge in [0.25, 0.3) is 0 Å². The summed E-state index contributed by atoms with van der Waals surface area (Å²) in [5.41, 5.74) is 0.581. The maximum absolute atomic E-state index is 11.9. The minimum atomic E-state index is -0.405. The first-order chi connectivity index (χ1) is 9.08. The summed E-state index contributed by atoms with van der Waals surface area (Å²) in [6.07, 6.45) is -0.279. The number of para-hydroxylation sites is 1. The molecule has 96 valence electrons. The topological polar surface area (TPSA) is 54.4 Å². The zero-order chi connectivity index (χ0) is 13.8. The highest BCUT2D eigenvalue weighted by atomic mass is 35.5. The molecule has 0 aliphatic carbocycles. The molecule has 3 nitrogen and oxygen atoms in total. The van der Waals surface area contributed by atoms with Crippen molar-refractivity contribution in [1.82, 2.24) is 0 Å². The van der Waals surface area contributed by atoms with Crippen LogP contribution in [0.25, 0.3) is 0 Å². The summed E-state index contributed by atoms with van der Waals surface area (Å²) in [5, 5.41) is 10.1. The van der Waals surface area contributed by atoms with E-state index in [1.54, 1.807) is 36.4 Å². The van der Waals surface area contributed by atoms with Crippen molar-refractivity contribution < 1.29 is 14.7 Å². The summed E-state index contributed by atoms with van der Waals surface area (Å²) in [6, 6.07) is 12.5. The molecule has 0 aliphatic rings. The van der Waals surface area contributed by atoms with Crippen molar-refractivity contribution in [2.24, 2.45) is 0 Å². The predicted octanol–water partition coefficient (Wildman–Crippen LogP) is 3.50. The van der Waals surface area contributed by atoms with Crippen molar-refractivity contribution in [3.8, 4) is 5.75 Å². The first-order valence-electron chi connectivity index (χ1n) is 5.68. The normalized spacial score (nSPS) is 10.2. The van der Waals surface area contributed by atoms with Gasteiger partial charge < -0.3 is 5.11 Å². The van der Waals surface area contributed by atoms with Crippen LogP contribution in [-0.4, -0.2) is 16.7 Å². The number of halogens is 1. The summed E-state index contributed by atoms with van der Waals surface area (Å²) in [5.74, 6) is -0.820. The lowest BCUT2D eigenvalue weighted by molar-refractivity contribution is 0.0893. The second kappa shape index (κ2) is 5.67. The molecule has 0 amide bonds. The Kier molecular flexibility index (Phi) is 3.97. The number of phenols is 1. The number of Topliss-reactive ketones (excluding diaryl/α,β-unsaturated/α-hetero) is 2.